The average molecular weight is 362 g/mol. The molecule has 0 radical (unpaired) electrons. The summed E-state index contributed by atoms with van der Waals surface area (Å²) in [5.41, 5.74) is 4.73. The Morgan fingerprint density at radius 2 is 2.15 bits per heavy atom. The Hall–Kier alpha value is -2.69. The Morgan fingerprint density at radius 1 is 1.31 bits per heavy atom. The Kier molecular flexibility index (Phi) is 3.55. The standard InChI is InChI=1S/C19H18N6S/c1-11-14(6-13-8-22-24-18(13)15(11)7-20)17-10-25-9-16(23-19(25)26-17)12-2-4-21-5-3-12/h6,8-10,12,21H,2-5H2,1H3,(H,22,24). The first kappa shape index (κ1) is 15.6. The molecule has 6 nitrogen and oxygen atoms in total. The minimum atomic E-state index is 0.556. The molecular weight excluding hydrogens is 344 g/mol. The second-order valence-corrected chi connectivity index (χ2v) is 7.85. The van der Waals surface area contributed by atoms with E-state index in [2.05, 4.69) is 44.4 Å². The zero-order valence-corrected chi connectivity index (χ0v) is 15.2. The van der Waals surface area contributed by atoms with Gasteiger partial charge in [-0.15, -0.1) is 0 Å². The van der Waals surface area contributed by atoms with Crippen molar-refractivity contribution in [1.82, 2.24) is 24.9 Å². The van der Waals surface area contributed by atoms with E-state index in [1.54, 1.807) is 17.5 Å². The van der Waals surface area contributed by atoms with Crippen molar-refractivity contribution in [2.75, 3.05) is 13.1 Å². The molecule has 130 valence electrons. The van der Waals surface area contributed by atoms with Crippen LogP contribution in [-0.2, 0) is 0 Å². The third kappa shape index (κ3) is 2.34. The van der Waals surface area contributed by atoms with Crippen LogP contribution in [0, 0.1) is 18.3 Å². The highest BCUT2D eigenvalue weighted by Gasteiger charge is 2.20. The molecule has 0 aliphatic carbocycles. The molecule has 0 spiro atoms. The summed E-state index contributed by atoms with van der Waals surface area (Å²) in [4.78, 5) is 7.02. The highest BCUT2D eigenvalue weighted by molar-refractivity contribution is 7.20. The van der Waals surface area contributed by atoms with E-state index in [0.29, 0.717) is 11.5 Å². The fourth-order valence-corrected chi connectivity index (χ4v) is 4.89. The van der Waals surface area contributed by atoms with Crippen molar-refractivity contribution in [3.8, 4) is 16.5 Å². The van der Waals surface area contributed by atoms with Gasteiger partial charge in [-0.25, -0.2) is 4.98 Å². The van der Waals surface area contributed by atoms with Gasteiger partial charge in [0.15, 0.2) is 4.96 Å². The van der Waals surface area contributed by atoms with E-state index in [1.807, 2.05) is 6.92 Å². The summed E-state index contributed by atoms with van der Waals surface area (Å²) in [6.45, 7) is 4.14. The number of benzene rings is 1. The largest absolute Gasteiger partial charge is 0.317 e. The normalized spacial score (nSPS) is 15.7. The smallest absolute Gasteiger partial charge is 0.194 e. The van der Waals surface area contributed by atoms with E-state index in [0.717, 1.165) is 57.8 Å². The van der Waals surface area contributed by atoms with Crippen molar-refractivity contribution in [1.29, 1.82) is 5.26 Å². The summed E-state index contributed by atoms with van der Waals surface area (Å²) >= 11 is 1.68. The maximum atomic E-state index is 9.57. The van der Waals surface area contributed by atoms with Crippen molar-refractivity contribution in [3.05, 3.63) is 41.5 Å². The van der Waals surface area contributed by atoms with Crippen LogP contribution < -0.4 is 5.32 Å². The number of nitrogens with zero attached hydrogens (tertiary/aromatic N) is 4. The van der Waals surface area contributed by atoms with Crippen LogP contribution in [0.3, 0.4) is 0 Å². The van der Waals surface area contributed by atoms with E-state index in [1.165, 1.54) is 5.69 Å². The van der Waals surface area contributed by atoms with Gasteiger partial charge in [-0.1, -0.05) is 11.3 Å². The fourth-order valence-electron chi connectivity index (χ4n) is 3.84. The van der Waals surface area contributed by atoms with Gasteiger partial charge in [-0.2, -0.15) is 10.4 Å². The van der Waals surface area contributed by atoms with Crippen LogP contribution in [0.25, 0.3) is 26.3 Å². The van der Waals surface area contributed by atoms with Crippen LogP contribution in [0.2, 0.25) is 0 Å². The van der Waals surface area contributed by atoms with Crippen molar-refractivity contribution in [3.63, 3.8) is 0 Å². The molecule has 0 unspecified atom stereocenters. The molecule has 0 atom stereocenters. The predicted molar refractivity (Wildman–Crippen MR) is 102 cm³/mol. The fraction of sp³-hybridized carbons (Fsp3) is 0.316. The molecule has 4 heterocycles. The van der Waals surface area contributed by atoms with Gasteiger partial charge in [-0.05, 0) is 50.0 Å². The lowest BCUT2D eigenvalue weighted by Gasteiger charge is -2.20. The maximum absolute atomic E-state index is 9.57. The number of fused-ring (bicyclic) bond motifs is 2. The number of hydrogen-bond acceptors (Lipinski definition) is 5. The van der Waals surface area contributed by atoms with Crippen LogP contribution in [-0.4, -0.2) is 32.7 Å². The summed E-state index contributed by atoms with van der Waals surface area (Å²) in [5.74, 6) is 0.556. The zero-order chi connectivity index (χ0) is 17.7. The van der Waals surface area contributed by atoms with Crippen LogP contribution in [0.1, 0.15) is 35.6 Å². The van der Waals surface area contributed by atoms with Crippen LogP contribution in [0.15, 0.2) is 24.7 Å². The molecule has 1 aliphatic rings. The predicted octanol–water partition coefficient (Wildman–Crippen LogP) is 3.59. The molecule has 1 aromatic carbocycles. The highest BCUT2D eigenvalue weighted by Crippen LogP contribution is 2.36. The molecule has 1 saturated heterocycles. The third-order valence-electron chi connectivity index (χ3n) is 5.31. The topological polar surface area (TPSA) is 81.8 Å². The van der Waals surface area contributed by atoms with Gasteiger partial charge in [0.2, 0.25) is 0 Å². The van der Waals surface area contributed by atoms with Crippen LogP contribution in [0.5, 0.6) is 0 Å². The number of aromatic amines is 1. The lowest BCUT2D eigenvalue weighted by molar-refractivity contribution is 0.454. The molecule has 26 heavy (non-hydrogen) atoms. The summed E-state index contributed by atoms with van der Waals surface area (Å²) in [5, 5.41) is 21.0. The van der Waals surface area contributed by atoms with E-state index < -0.39 is 0 Å². The number of piperidine rings is 1. The Labute approximate surface area is 154 Å². The van der Waals surface area contributed by atoms with Crippen molar-refractivity contribution >= 4 is 27.2 Å². The molecule has 4 aromatic rings. The highest BCUT2D eigenvalue weighted by atomic mass is 32.1. The first-order valence-corrected chi connectivity index (χ1v) is 9.62. The second-order valence-electron chi connectivity index (χ2n) is 6.85. The zero-order valence-electron chi connectivity index (χ0n) is 14.4. The van der Waals surface area contributed by atoms with Gasteiger partial charge < -0.3 is 5.32 Å². The van der Waals surface area contributed by atoms with Gasteiger partial charge in [-0.3, -0.25) is 9.50 Å². The number of imidazole rings is 1. The van der Waals surface area contributed by atoms with E-state index in [4.69, 9.17) is 4.98 Å². The number of H-pyrrole nitrogens is 1. The first-order chi connectivity index (χ1) is 12.7. The number of nitrogens with one attached hydrogen (secondary N) is 2. The van der Waals surface area contributed by atoms with Crippen LogP contribution in [0.4, 0.5) is 0 Å². The van der Waals surface area contributed by atoms with E-state index >= 15 is 0 Å². The monoisotopic (exact) mass is 362 g/mol. The lowest BCUT2D eigenvalue weighted by Crippen LogP contribution is -2.26. The van der Waals surface area contributed by atoms with Gasteiger partial charge >= 0.3 is 0 Å². The van der Waals surface area contributed by atoms with Gasteiger partial charge in [0.25, 0.3) is 0 Å². The summed E-state index contributed by atoms with van der Waals surface area (Å²) in [6.07, 6.45) is 8.38. The van der Waals surface area contributed by atoms with E-state index in [9.17, 15) is 5.26 Å². The minimum Gasteiger partial charge on any atom is -0.317 e. The number of hydrogen-bond donors (Lipinski definition) is 2. The lowest BCUT2D eigenvalue weighted by atomic mass is 9.95. The van der Waals surface area contributed by atoms with E-state index in [-0.39, 0.29) is 0 Å². The van der Waals surface area contributed by atoms with Crippen molar-refractivity contribution in [2.45, 2.75) is 25.7 Å². The van der Waals surface area contributed by atoms with Crippen LogP contribution >= 0.6 is 11.3 Å². The number of thiazole rings is 1. The Bertz CT molecular complexity index is 1120. The van der Waals surface area contributed by atoms with Gasteiger partial charge in [0, 0.05) is 23.7 Å². The summed E-state index contributed by atoms with van der Waals surface area (Å²) in [7, 11) is 0. The molecule has 0 amide bonds. The maximum Gasteiger partial charge on any atom is 0.194 e. The van der Waals surface area contributed by atoms with Gasteiger partial charge in [0.05, 0.1) is 27.8 Å². The summed E-state index contributed by atoms with van der Waals surface area (Å²) in [6, 6.07) is 4.42. The molecule has 5 rings (SSSR count). The molecule has 0 saturated carbocycles. The molecule has 3 aromatic heterocycles. The summed E-state index contributed by atoms with van der Waals surface area (Å²) < 4.78 is 2.13. The average Bonchev–Trinajstić information content (AvgIpc) is 3.36. The van der Waals surface area contributed by atoms with Crippen molar-refractivity contribution in [2.24, 2.45) is 0 Å². The Morgan fingerprint density at radius 3 is 2.92 bits per heavy atom. The SMILES string of the molecule is Cc1c(-c2cn3cc(C4CCNCC4)nc3s2)cc2cn[nH]c2c1C#N. The number of rotatable bonds is 2. The quantitative estimate of drug-likeness (QED) is 0.571. The molecule has 7 heteroatoms. The molecular formula is C19H18N6S. The number of nitriles is 1. The Balaban J connectivity index is 1.59. The van der Waals surface area contributed by atoms with Crippen molar-refractivity contribution < 1.29 is 0 Å². The molecule has 1 aliphatic heterocycles. The first-order valence-electron chi connectivity index (χ1n) is 8.81. The minimum absolute atomic E-state index is 0.556. The third-order valence-corrected chi connectivity index (χ3v) is 6.34. The number of aromatic nitrogens is 4. The molecule has 2 N–H and O–H groups in total. The van der Waals surface area contributed by atoms with Gasteiger partial charge in [0.1, 0.15) is 6.07 Å². The second kappa shape index (κ2) is 5.94. The molecule has 1 fully saturated rings. The molecule has 0 bridgehead atoms.